The number of hydrogen-bond donors (Lipinski definition) is 2. The number of carbonyl (C=O) groups excluding carboxylic acids is 1. The van der Waals surface area contributed by atoms with Crippen LogP contribution in [0.15, 0.2) is 41.3 Å². The number of nitrogens with two attached hydrogens (primary N) is 1. The second-order valence-electron chi connectivity index (χ2n) is 4.66. The van der Waals surface area contributed by atoms with Crippen molar-refractivity contribution in [2.45, 2.75) is 11.3 Å². The summed E-state index contributed by atoms with van der Waals surface area (Å²) in [6.45, 7) is 0.570. The lowest BCUT2D eigenvalue weighted by atomic mass is 10.1. The fraction of sp³-hybridized carbons (Fsp3) is 0.214. The zero-order chi connectivity index (χ0) is 16.9. The summed E-state index contributed by atoms with van der Waals surface area (Å²) in [4.78, 5) is 11.3. The van der Waals surface area contributed by atoms with Crippen molar-refractivity contribution in [3.8, 4) is 0 Å². The SMILES string of the molecule is COC(=O)c1ccc(NCCc2ccc(S(N)(=O)=O)cc2)nn1. The highest BCUT2D eigenvalue weighted by Crippen LogP contribution is 2.10. The van der Waals surface area contributed by atoms with E-state index in [1.165, 1.54) is 25.3 Å². The van der Waals surface area contributed by atoms with Crippen molar-refractivity contribution in [3.05, 3.63) is 47.7 Å². The molecule has 0 bridgehead atoms. The second kappa shape index (κ2) is 7.16. The number of benzene rings is 1. The zero-order valence-corrected chi connectivity index (χ0v) is 13.2. The summed E-state index contributed by atoms with van der Waals surface area (Å²) in [6.07, 6.45) is 0.658. The molecule has 0 radical (unpaired) electrons. The lowest BCUT2D eigenvalue weighted by Gasteiger charge is -2.06. The normalized spacial score (nSPS) is 11.0. The maximum Gasteiger partial charge on any atom is 0.358 e. The summed E-state index contributed by atoms with van der Waals surface area (Å²) in [5.74, 6) is -0.0159. The zero-order valence-electron chi connectivity index (χ0n) is 12.4. The van der Waals surface area contributed by atoms with Crippen LogP contribution < -0.4 is 10.5 Å². The van der Waals surface area contributed by atoms with Crippen molar-refractivity contribution in [1.29, 1.82) is 0 Å². The van der Waals surface area contributed by atoms with E-state index in [1.54, 1.807) is 18.2 Å². The van der Waals surface area contributed by atoms with E-state index in [1.807, 2.05) is 0 Å². The Morgan fingerprint density at radius 1 is 1.17 bits per heavy atom. The van der Waals surface area contributed by atoms with Crippen molar-refractivity contribution < 1.29 is 17.9 Å². The van der Waals surface area contributed by atoms with E-state index in [4.69, 9.17) is 5.14 Å². The Morgan fingerprint density at radius 2 is 1.87 bits per heavy atom. The number of primary sulfonamides is 1. The summed E-state index contributed by atoms with van der Waals surface area (Å²) in [6, 6.07) is 9.48. The predicted molar refractivity (Wildman–Crippen MR) is 83.4 cm³/mol. The standard InChI is InChI=1S/C14H16N4O4S/c1-22-14(19)12-6-7-13(18-17-12)16-9-8-10-2-4-11(5-3-10)23(15,20)21/h2-7H,8-9H2,1H3,(H,16,18)(H2,15,20,21). The summed E-state index contributed by atoms with van der Waals surface area (Å²) in [5.41, 5.74) is 1.08. The van der Waals surface area contributed by atoms with Crippen molar-refractivity contribution in [1.82, 2.24) is 10.2 Å². The lowest BCUT2D eigenvalue weighted by Crippen LogP contribution is -2.12. The van der Waals surface area contributed by atoms with E-state index in [2.05, 4.69) is 20.3 Å². The van der Waals surface area contributed by atoms with Gasteiger partial charge in [0.25, 0.3) is 0 Å². The molecule has 0 atom stereocenters. The number of carbonyl (C=O) groups is 1. The van der Waals surface area contributed by atoms with Crippen LogP contribution in [-0.4, -0.2) is 38.2 Å². The first-order valence-electron chi connectivity index (χ1n) is 6.68. The molecule has 0 amide bonds. The Morgan fingerprint density at radius 3 is 2.39 bits per heavy atom. The van der Waals surface area contributed by atoms with Gasteiger partial charge in [0.05, 0.1) is 12.0 Å². The minimum absolute atomic E-state index is 0.0819. The van der Waals surface area contributed by atoms with Gasteiger partial charge in [0.2, 0.25) is 10.0 Å². The van der Waals surface area contributed by atoms with E-state index in [9.17, 15) is 13.2 Å². The summed E-state index contributed by atoms with van der Waals surface area (Å²) < 4.78 is 26.9. The number of nitrogens with one attached hydrogen (secondary N) is 1. The third kappa shape index (κ3) is 4.73. The molecule has 0 saturated heterocycles. The van der Waals surface area contributed by atoms with E-state index < -0.39 is 16.0 Å². The highest BCUT2D eigenvalue weighted by molar-refractivity contribution is 7.89. The molecule has 0 aliphatic carbocycles. The molecule has 1 aromatic carbocycles. The van der Waals surface area contributed by atoms with Gasteiger partial charge < -0.3 is 10.1 Å². The van der Waals surface area contributed by atoms with Crippen LogP contribution >= 0.6 is 0 Å². The van der Waals surface area contributed by atoms with Gasteiger partial charge in [0.15, 0.2) is 5.69 Å². The molecule has 0 spiro atoms. The number of sulfonamides is 1. The highest BCUT2D eigenvalue weighted by atomic mass is 32.2. The molecule has 2 aromatic rings. The average molecular weight is 336 g/mol. The summed E-state index contributed by atoms with van der Waals surface area (Å²) in [7, 11) is -2.39. The molecule has 122 valence electrons. The van der Waals surface area contributed by atoms with Gasteiger partial charge in [-0.1, -0.05) is 12.1 Å². The monoisotopic (exact) mass is 336 g/mol. The fourth-order valence-corrected chi connectivity index (χ4v) is 2.34. The molecule has 2 rings (SSSR count). The molecule has 3 N–H and O–H groups in total. The first-order chi connectivity index (χ1) is 10.9. The number of anilines is 1. The van der Waals surface area contributed by atoms with Crippen molar-refractivity contribution in [3.63, 3.8) is 0 Å². The molecule has 8 nitrogen and oxygen atoms in total. The number of aromatic nitrogens is 2. The van der Waals surface area contributed by atoms with E-state index in [0.29, 0.717) is 18.8 Å². The number of rotatable bonds is 6. The van der Waals surface area contributed by atoms with Crippen LogP contribution in [0.5, 0.6) is 0 Å². The topological polar surface area (TPSA) is 124 Å². The Kier molecular flexibility index (Phi) is 5.24. The minimum atomic E-state index is -3.67. The number of esters is 1. The van der Waals surface area contributed by atoms with Crippen LogP contribution in [0.3, 0.4) is 0 Å². The van der Waals surface area contributed by atoms with Gasteiger partial charge in [-0.2, -0.15) is 0 Å². The first-order valence-corrected chi connectivity index (χ1v) is 8.22. The largest absolute Gasteiger partial charge is 0.464 e. The van der Waals surface area contributed by atoms with Crippen LogP contribution in [0, 0.1) is 0 Å². The predicted octanol–water partition coefficient (Wildman–Crippen LogP) is 0.565. The van der Waals surface area contributed by atoms with Crippen molar-refractivity contribution in [2.75, 3.05) is 19.0 Å². The first kappa shape index (κ1) is 16.8. The third-order valence-corrected chi connectivity index (χ3v) is 3.96. The molecule has 1 heterocycles. The summed E-state index contributed by atoms with van der Waals surface area (Å²) in [5, 5.41) is 15.7. The Labute approximate surface area is 133 Å². The van der Waals surface area contributed by atoms with E-state index in [-0.39, 0.29) is 10.6 Å². The van der Waals surface area contributed by atoms with E-state index >= 15 is 0 Å². The molecule has 23 heavy (non-hydrogen) atoms. The highest BCUT2D eigenvalue weighted by Gasteiger charge is 2.08. The van der Waals surface area contributed by atoms with Crippen LogP contribution in [0.2, 0.25) is 0 Å². The Hall–Kier alpha value is -2.52. The third-order valence-electron chi connectivity index (χ3n) is 3.03. The molecule has 0 unspecified atom stereocenters. The number of ether oxygens (including phenoxy) is 1. The minimum Gasteiger partial charge on any atom is -0.464 e. The summed E-state index contributed by atoms with van der Waals surface area (Å²) >= 11 is 0. The fourth-order valence-electron chi connectivity index (χ4n) is 1.82. The van der Waals surface area contributed by atoms with Crippen LogP contribution in [-0.2, 0) is 21.2 Å². The van der Waals surface area contributed by atoms with Gasteiger partial charge >= 0.3 is 5.97 Å². The molecule has 9 heteroatoms. The van der Waals surface area contributed by atoms with Crippen LogP contribution in [0.1, 0.15) is 16.1 Å². The van der Waals surface area contributed by atoms with Crippen LogP contribution in [0.4, 0.5) is 5.82 Å². The van der Waals surface area contributed by atoms with E-state index in [0.717, 1.165) is 5.56 Å². The number of nitrogens with zero attached hydrogens (tertiary/aromatic N) is 2. The Balaban J connectivity index is 1.88. The molecule has 0 fully saturated rings. The number of hydrogen-bond acceptors (Lipinski definition) is 7. The molecule has 0 aliphatic heterocycles. The quantitative estimate of drug-likeness (QED) is 0.739. The second-order valence-corrected chi connectivity index (χ2v) is 6.22. The van der Waals surface area contributed by atoms with Gasteiger partial charge in [0, 0.05) is 6.54 Å². The molecule has 0 aliphatic rings. The van der Waals surface area contributed by atoms with Crippen LogP contribution in [0.25, 0.3) is 0 Å². The Bertz CT molecular complexity index is 773. The molecule has 1 aromatic heterocycles. The van der Waals surface area contributed by atoms with Crippen molar-refractivity contribution >= 4 is 21.8 Å². The smallest absolute Gasteiger partial charge is 0.358 e. The molecular formula is C14H16N4O4S. The average Bonchev–Trinajstić information content (AvgIpc) is 2.54. The molecule has 0 saturated carbocycles. The maximum absolute atomic E-state index is 11.2. The van der Waals surface area contributed by atoms with Gasteiger partial charge in [-0.05, 0) is 36.2 Å². The van der Waals surface area contributed by atoms with Gasteiger partial charge in [-0.3, -0.25) is 0 Å². The van der Waals surface area contributed by atoms with Gasteiger partial charge in [-0.15, -0.1) is 10.2 Å². The van der Waals surface area contributed by atoms with Crippen molar-refractivity contribution in [2.24, 2.45) is 5.14 Å². The number of methoxy groups -OCH3 is 1. The maximum atomic E-state index is 11.2. The van der Waals surface area contributed by atoms with Gasteiger partial charge in [-0.25, -0.2) is 18.4 Å². The molecular weight excluding hydrogens is 320 g/mol. The lowest BCUT2D eigenvalue weighted by molar-refractivity contribution is 0.0592. The van der Waals surface area contributed by atoms with Gasteiger partial charge in [0.1, 0.15) is 5.82 Å².